The second kappa shape index (κ2) is 3.96. The fraction of sp³-hybridized carbons (Fsp3) is 0. The second-order valence-electron chi connectivity index (χ2n) is 3.76. The van der Waals surface area contributed by atoms with E-state index >= 15 is 0 Å². The van der Waals surface area contributed by atoms with Gasteiger partial charge in [-0.3, -0.25) is 4.79 Å². The third kappa shape index (κ3) is 1.71. The van der Waals surface area contributed by atoms with Gasteiger partial charge in [0.25, 0.3) is 0 Å². The average molecular weight is 240 g/mol. The van der Waals surface area contributed by atoms with E-state index in [2.05, 4.69) is 9.97 Å². The summed E-state index contributed by atoms with van der Waals surface area (Å²) < 4.78 is 5.55. The maximum atomic E-state index is 11.8. The smallest absolute Gasteiger partial charge is 0.211 e. The SMILES string of the molecule is O=c1cc(-c2cccc(O)c2)oc2cncnc12. The van der Waals surface area contributed by atoms with Crippen molar-refractivity contribution < 1.29 is 9.52 Å². The molecule has 88 valence electrons. The lowest BCUT2D eigenvalue weighted by atomic mass is 10.1. The van der Waals surface area contributed by atoms with Gasteiger partial charge in [0.05, 0.1) is 6.20 Å². The predicted octanol–water partition coefficient (Wildman–Crippen LogP) is 1.96. The number of hydrogen-bond donors (Lipinski definition) is 1. The van der Waals surface area contributed by atoms with Gasteiger partial charge in [-0.05, 0) is 12.1 Å². The van der Waals surface area contributed by atoms with Crippen LogP contribution in [0.4, 0.5) is 0 Å². The topological polar surface area (TPSA) is 76.2 Å². The van der Waals surface area contributed by atoms with E-state index in [9.17, 15) is 9.90 Å². The number of nitrogens with zero attached hydrogens (tertiary/aromatic N) is 2. The molecule has 0 radical (unpaired) electrons. The van der Waals surface area contributed by atoms with Crippen molar-refractivity contribution in [3.63, 3.8) is 0 Å². The molecule has 3 aromatic rings. The Balaban J connectivity index is 2.28. The minimum Gasteiger partial charge on any atom is -0.508 e. The van der Waals surface area contributed by atoms with Crippen molar-refractivity contribution in [1.29, 1.82) is 0 Å². The van der Waals surface area contributed by atoms with Crippen LogP contribution in [-0.2, 0) is 0 Å². The maximum Gasteiger partial charge on any atom is 0.211 e. The number of phenolic OH excluding ortho intramolecular Hbond substituents is 1. The Kier molecular flexibility index (Phi) is 2.30. The number of hydrogen-bond acceptors (Lipinski definition) is 5. The van der Waals surface area contributed by atoms with Crippen molar-refractivity contribution in [1.82, 2.24) is 9.97 Å². The molecule has 5 heteroatoms. The molecule has 0 fully saturated rings. The number of fused-ring (bicyclic) bond motifs is 1. The Hall–Kier alpha value is -2.69. The Bertz CT molecular complexity index is 780. The minimum atomic E-state index is -0.239. The first-order chi connectivity index (χ1) is 8.74. The molecular weight excluding hydrogens is 232 g/mol. The summed E-state index contributed by atoms with van der Waals surface area (Å²) in [4.78, 5) is 19.5. The van der Waals surface area contributed by atoms with Gasteiger partial charge in [0.15, 0.2) is 11.1 Å². The summed E-state index contributed by atoms with van der Waals surface area (Å²) in [6.07, 6.45) is 2.74. The molecule has 3 rings (SSSR count). The largest absolute Gasteiger partial charge is 0.508 e. The zero-order chi connectivity index (χ0) is 12.5. The molecular formula is C13H8N2O3. The van der Waals surface area contributed by atoms with E-state index < -0.39 is 0 Å². The average Bonchev–Trinajstić information content (AvgIpc) is 2.39. The van der Waals surface area contributed by atoms with Gasteiger partial charge in [0.2, 0.25) is 5.43 Å². The summed E-state index contributed by atoms with van der Waals surface area (Å²) in [6, 6.07) is 7.84. The molecule has 18 heavy (non-hydrogen) atoms. The Morgan fingerprint density at radius 3 is 2.94 bits per heavy atom. The first-order valence-corrected chi connectivity index (χ1v) is 5.27. The van der Waals surface area contributed by atoms with Crippen molar-refractivity contribution >= 4 is 11.1 Å². The lowest BCUT2D eigenvalue weighted by molar-refractivity contribution is 0.475. The Morgan fingerprint density at radius 2 is 2.11 bits per heavy atom. The highest BCUT2D eigenvalue weighted by molar-refractivity contribution is 5.73. The molecule has 0 amide bonds. The summed E-state index contributed by atoms with van der Waals surface area (Å²) in [6.45, 7) is 0. The van der Waals surface area contributed by atoms with Crippen LogP contribution in [0.2, 0.25) is 0 Å². The summed E-state index contributed by atoms with van der Waals surface area (Å²) >= 11 is 0. The number of rotatable bonds is 1. The summed E-state index contributed by atoms with van der Waals surface area (Å²) in [5, 5.41) is 9.41. The van der Waals surface area contributed by atoms with Crippen molar-refractivity contribution in [2.24, 2.45) is 0 Å². The molecule has 0 unspecified atom stereocenters. The van der Waals surface area contributed by atoms with E-state index in [-0.39, 0.29) is 16.7 Å². The van der Waals surface area contributed by atoms with Gasteiger partial charge in [-0.15, -0.1) is 0 Å². The van der Waals surface area contributed by atoms with Crippen LogP contribution in [-0.4, -0.2) is 15.1 Å². The molecule has 0 atom stereocenters. The number of phenols is 1. The summed E-state index contributed by atoms with van der Waals surface area (Å²) in [5.41, 5.74) is 0.951. The highest BCUT2D eigenvalue weighted by Crippen LogP contribution is 2.23. The normalized spacial score (nSPS) is 10.7. The van der Waals surface area contributed by atoms with Crippen LogP contribution in [0.5, 0.6) is 5.75 Å². The van der Waals surface area contributed by atoms with E-state index in [1.165, 1.54) is 24.7 Å². The van der Waals surface area contributed by atoms with E-state index in [4.69, 9.17) is 4.42 Å². The molecule has 2 heterocycles. The first-order valence-electron chi connectivity index (χ1n) is 5.27. The van der Waals surface area contributed by atoms with Crippen LogP contribution in [0.1, 0.15) is 0 Å². The summed E-state index contributed by atoms with van der Waals surface area (Å²) in [7, 11) is 0. The van der Waals surface area contributed by atoms with Gasteiger partial charge >= 0.3 is 0 Å². The van der Waals surface area contributed by atoms with Crippen LogP contribution in [0.15, 0.2) is 52.1 Å². The molecule has 5 nitrogen and oxygen atoms in total. The third-order valence-corrected chi connectivity index (χ3v) is 2.52. The first kappa shape index (κ1) is 10.5. The molecule has 0 saturated heterocycles. The van der Waals surface area contributed by atoms with Gasteiger partial charge in [0.1, 0.15) is 17.8 Å². The molecule has 2 aromatic heterocycles. The van der Waals surface area contributed by atoms with Crippen LogP contribution in [0.25, 0.3) is 22.4 Å². The van der Waals surface area contributed by atoms with Crippen LogP contribution in [0.3, 0.4) is 0 Å². The Morgan fingerprint density at radius 1 is 1.22 bits per heavy atom. The highest BCUT2D eigenvalue weighted by atomic mass is 16.3. The number of benzene rings is 1. The standard InChI is InChI=1S/C13H8N2O3/c16-9-3-1-2-8(4-9)11-5-10(17)13-12(18-11)6-14-7-15-13/h1-7,16H. The fourth-order valence-corrected chi connectivity index (χ4v) is 1.71. The lowest BCUT2D eigenvalue weighted by Crippen LogP contribution is -2.02. The predicted molar refractivity (Wildman–Crippen MR) is 65.2 cm³/mol. The van der Waals surface area contributed by atoms with E-state index in [1.807, 2.05) is 0 Å². The van der Waals surface area contributed by atoms with E-state index in [0.717, 1.165) is 0 Å². The van der Waals surface area contributed by atoms with Crippen molar-refractivity contribution in [3.05, 3.63) is 53.1 Å². The molecule has 0 saturated carbocycles. The van der Waals surface area contributed by atoms with Crippen molar-refractivity contribution in [3.8, 4) is 17.1 Å². The second-order valence-corrected chi connectivity index (χ2v) is 3.76. The molecule has 0 spiro atoms. The maximum absolute atomic E-state index is 11.8. The third-order valence-electron chi connectivity index (χ3n) is 2.52. The van der Waals surface area contributed by atoms with Gasteiger partial charge in [-0.1, -0.05) is 12.1 Å². The van der Waals surface area contributed by atoms with Gasteiger partial charge in [-0.2, -0.15) is 0 Å². The summed E-state index contributed by atoms with van der Waals surface area (Å²) in [5.74, 6) is 0.484. The van der Waals surface area contributed by atoms with Gasteiger partial charge in [-0.25, -0.2) is 9.97 Å². The molecule has 0 aliphatic rings. The fourth-order valence-electron chi connectivity index (χ4n) is 1.71. The van der Waals surface area contributed by atoms with E-state index in [1.54, 1.807) is 18.2 Å². The van der Waals surface area contributed by atoms with E-state index in [0.29, 0.717) is 16.9 Å². The van der Waals surface area contributed by atoms with Gasteiger partial charge in [0, 0.05) is 11.6 Å². The number of aromatic nitrogens is 2. The van der Waals surface area contributed by atoms with Crippen molar-refractivity contribution in [2.75, 3.05) is 0 Å². The minimum absolute atomic E-state index is 0.111. The molecule has 0 aliphatic heterocycles. The van der Waals surface area contributed by atoms with Crippen molar-refractivity contribution in [2.45, 2.75) is 0 Å². The monoisotopic (exact) mass is 240 g/mol. The molecule has 0 bridgehead atoms. The Labute approximate surface area is 101 Å². The molecule has 1 N–H and O–H groups in total. The quantitative estimate of drug-likeness (QED) is 0.703. The number of aromatic hydroxyl groups is 1. The van der Waals surface area contributed by atoms with Crippen LogP contribution in [0, 0.1) is 0 Å². The zero-order valence-corrected chi connectivity index (χ0v) is 9.20. The lowest BCUT2D eigenvalue weighted by Gasteiger charge is -2.02. The molecule has 1 aromatic carbocycles. The van der Waals surface area contributed by atoms with Gasteiger partial charge < -0.3 is 9.52 Å². The van der Waals surface area contributed by atoms with Crippen LogP contribution < -0.4 is 5.43 Å². The van der Waals surface area contributed by atoms with Crippen LogP contribution >= 0.6 is 0 Å². The molecule has 0 aliphatic carbocycles. The highest BCUT2D eigenvalue weighted by Gasteiger charge is 2.08. The zero-order valence-electron chi connectivity index (χ0n) is 9.20.